The third kappa shape index (κ3) is 3.41. The van der Waals surface area contributed by atoms with E-state index in [4.69, 9.17) is 10.9 Å². The summed E-state index contributed by atoms with van der Waals surface area (Å²) >= 11 is 0. The van der Waals surface area contributed by atoms with Crippen LogP contribution in [0.5, 0.6) is 0 Å². The maximum Gasteiger partial charge on any atom is 0.230 e. The first-order valence-electron chi connectivity index (χ1n) is 5.14. The third-order valence-corrected chi connectivity index (χ3v) is 2.41. The first kappa shape index (κ1) is 13.9. The maximum atomic E-state index is 13.2. The second kappa shape index (κ2) is 5.95. The lowest BCUT2D eigenvalue weighted by Gasteiger charge is -2.11. The lowest BCUT2D eigenvalue weighted by molar-refractivity contribution is -0.122. The largest absolute Gasteiger partial charge is 0.409 e. The molecule has 0 fully saturated rings. The van der Waals surface area contributed by atoms with Gasteiger partial charge in [-0.2, -0.15) is 0 Å². The number of oxime groups is 1. The molecule has 18 heavy (non-hydrogen) atoms. The topological polar surface area (TPSA) is 87.7 Å². The van der Waals surface area contributed by atoms with Gasteiger partial charge in [0.15, 0.2) is 5.84 Å². The van der Waals surface area contributed by atoms with Crippen molar-refractivity contribution in [1.82, 2.24) is 5.32 Å². The summed E-state index contributed by atoms with van der Waals surface area (Å²) in [5.41, 5.74) is 5.27. The number of nitrogens with two attached hydrogens (primary N) is 1. The Balaban J connectivity index is 2.65. The molecule has 0 aliphatic heterocycles. The quantitative estimate of drug-likeness (QED) is 0.325. The van der Waals surface area contributed by atoms with Crippen molar-refractivity contribution >= 4 is 11.7 Å². The van der Waals surface area contributed by atoms with Crippen LogP contribution in [0.1, 0.15) is 12.5 Å². The molecule has 1 aromatic carbocycles. The van der Waals surface area contributed by atoms with Crippen molar-refractivity contribution in [3.63, 3.8) is 0 Å². The Morgan fingerprint density at radius 1 is 1.56 bits per heavy atom. The normalized spacial score (nSPS) is 13.2. The molecule has 0 saturated carbocycles. The average Bonchev–Trinajstić information content (AvgIpc) is 2.37. The van der Waals surface area contributed by atoms with E-state index < -0.39 is 23.5 Å². The van der Waals surface area contributed by atoms with Crippen LogP contribution in [0.4, 0.5) is 8.78 Å². The van der Waals surface area contributed by atoms with Gasteiger partial charge in [0.05, 0.1) is 5.92 Å². The van der Waals surface area contributed by atoms with Crippen LogP contribution in [0.15, 0.2) is 23.4 Å². The highest BCUT2D eigenvalue weighted by molar-refractivity contribution is 6.01. The summed E-state index contributed by atoms with van der Waals surface area (Å²) in [7, 11) is 0. The zero-order valence-corrected chi connectivity index (χ0v) is 9.65. The van der Waals surface area contributed by atoms with Gasteiger partial charge in [-0.3, -0.25) is 4.79 Å². The van der Waals surface area contributed by atoms with Gasteiger partial charge in [0.2, 0.25) is 5.91 Å². The van der Waals surface area contributed by atoms with Crippen LogP contribution in [-0.4, -0.2) is 17.0 Å². The van der Waals surface area contributed by atoms with Crippen molar-refractivity contribution in [1.29, 1.82) is 0 Å². The van der Waals surface area contributed by atoms with Gasteiger partial charge in [0.1, 0.15) is 11.6 Å². The van der Waals surface area contributed by atoms with Gasteiger partial charge in [-0.25, -0.2) is 8.78 Å². The van der Waals surface area contributed by atoms with E-state index in [9.17, 15) is 13.6 Å². The Kier molecular flexibility index (Phi) is 4.59. The van der Waals surface area contributed by atoms with E-state index in [2.05, 4.69) is 10.5 Å². The van der Waals surface area contributed by atoms with Gasteiger partial charge in [-0.1, -0.05) is 5.16 Å². The van der Waals surface area contributed by atoms with Crippen molar-refractivity contribution in [3.05, 3.63) is 35.4 Å². The Morgan fingerprint density at radius 2 is 2.22 bits per heavy atom. The molecular weight excluding hydrogens is 244 g/mol. The second-order valence-electron chi connectivity index (χ2n) is 3.70. The fourth-order valence-corrected chi connectivity index (χ4v) is 1.24. The van der Waals surface area contributed by atoms with Gasteiger partial charge in [0, 0.05) is 12.1 Å². The first-order chi connectivity index (χ1) is 8.45. The minimum Gasteiger partial charge on any atom is -0.409 e. The highest BCUT2D eigenvalue weighted by Gasteiger charge is 2.17. The molecule has 98 valence electrons. The van der Waals surface area contributed by atoms with Gasteiger partial charge in [-0.15, -0.1) is 0 Å². The fraction of sp³-hybridized carbons (Fsp3) is 0.273. The lowest BCUT2D eigenvalue weighted by Crippen LogP contribution is -2.37. The molecule has 0 radical (unpaired) electrons. The minimum absolute atomic E-state index is 0.0232. The van der Waals surface area contributed by atoms with Crippen molar-refractivity contribution < 1.29 is 18.8 Å². The molecule has 0 aliphatic carbocycles. The highest BCUT2D eigenvalue weighted by Crippen LogP contribution is 2.09. The minimum atomic E-state index is -0.855. The summed E-state index contributed by atoms with van der Waals surface area (Å²) in [4.78, 5) is 11.5. The SMILES string of the molecule is CC(C(=O)NCc1cc(F)ccc1F)C(N)=NO. The fourth-order valence-electron chi connectivity index (χ4n) is 1.24. The zero-order valence-electron chi connectivity index (χ0n) is 9.65. The molecular formula is C11H13F2N3O2. The number of amides is 1. The van der Waals surface area contributed by atoms with E-state index in [0.717, 1.165) is 18.2 Å². The van der Waals surface area contributed by atoms with Gasteiger partial charge in [-0.05, 0) is 25.1 Å². The van der Waals surface area contributed by atoms with E-state index in [1.54, 1.807) is 0 Å². The number of halogens is 2. The summed E-state index contributed by atoms with van der Waals surface area (Å²) < 4.78 is 26.1. The van der Waals surface area contributed by atoms with Crippen LogP contribution in [0.2, 0.25) is 0 Å². The standard InChI is InChI=1S/C11H13F2N3O2/c1-6(10(14)16-18)11(17)15-5-7-4-8(12)2-3-9(7)13/h2-4,6,18H,5H2,1H3,(H2,14,16)(H,15,17). The molecule has 1 amide bonds. The number of nitrogens with zero attached hydrogens (tertiary/aromatic N) is 1. The molecule has 1 atom stereocenters. The maximum absolute atomic E-state index is 13.2. The van der Waals surface area contributed by atoms with Gasteiger partial charge >= 0.3 is 0 Å². The number of hydrogen-bond acceptors (Lipinski definition) is 3. The summed E-state index contributed by atoms with van der Waals surface area (Å²) in [5.74, 6) is -2.87. The number of benzene rings is 1. The molecule has 0 spiro atoms. The predicted octanol–water partition coefficient (Wildman–Crippen LogP) is 0.964. The van der Waals surface area contributed by atoms with Crippen LogP contribution in [0.3, 0.4) is 0 Å². The average molecular weight is 257 g/mol. The summed E-state index contributed by atoms with van der Waals surface area (Å²) in [6.45, 7) is 1.25. The molecule has 7 heteroatoms. The molecule has 0 bridgehead atoms. The smallest absolute Gasteiger partial charge is 0.230 e. The van der Waals surface area contributed by atoms with Crippen LogP contribution in [0, 0.1) is 17.6 Å². The van der Waals surface area contributed by atoms with Gasteiger partial charge < -0.3 is 16.3 Å². The van der Waals surface area contributed by atoms with Crippen molar-refractivity contribution in [2.45, 2.75) is 13.5 Å². The molecule has 4 N–H and O–H groups in total. The van der Waals surface area contributed by atoms with Crippen LogP contribution in [-0.2, 0) is 11.3 Å². The Bertz CT molecular complexity index is 477. The molecule has 0 saturated heterocycles. The number of nitrogens with one attached hydrogen (secondary N) is 1. The number of carbonyl (C=O) groups is 1. The lowest BCUT2D eigenvalue weighted by atomic mass is 10.1. The highest BCUT2D eigenvalue weighted by atomic mass is 19.1. The van der Waals surface area contributed by atoms with E-state index >= 15 is 0 Å². The molecule has 5 nitrogen and oxygen atoms in total. The van der Waals surface area contributed by atoms with Crippen molar-refractivity contribution in [3.8, 4) is 0 Å². The zero-order chi connectivity index (χ0) is 13.7. The molecule has 0 heterocycles. The van der Waals surface area contributed by atoms with Crippen molar-refractivity contribution in [2.24, 2.45) is 16.8 Å². The number of rotatable bonds is 4. The summed E-state index contributed by atoms with van der Waals surface area (Å²) in [6.07, 6.45) is 0. The van der Waals surface area contributed by atoms with Crippen LogP contribution < -0.4 is 11.1 Å². The molecule has 1 rings (SSSR count). The van der Waals surface area contributed by atoms with E-state index in [-0.39, 0.29) is 17.9 Å². The Hall–Kier alpha value is -2.18. The Morgan fingerprint density at radius 3 is 2.83 bits per heavy atom. The Labute approximate surface area is 102 Å². The van der Waals surface area contributed by atoms with E-state index in [1.807, 2.05) is 0 Å². The summed E-state index contributed by atoms with van der Waals surface area (Å²) in [5, 5.41) is 13.5. The molecule has 0 aromatic heterocycles. The number of carbonyl (C=O) groups excluding carboxylic acids is 1. The van der Waals surface area contributed by atoms with Gasteiger partial charge in [0.25, 0.3) is 0 Å². The monoisotopic (exact) mass is 257 g/mol. The van der Waals surface area contributed by atoms with E-state index in [0.29, 0.717) is 0 Å². The third-order valence-electron chi connectivity index (χ3n) is 2.41. The second-order valence-corrected chi connectivity index (χ2v) is 3.70. The first-order valence-corrected chi connectivity index (χ1v) is 5.14. The van der Waals surface area contributed by atoms with Crippen LogP contribution >= 0.6 is 0 Å². The molecule has 0 aliphatic rings. The number of amidine groups is 1. The van der Waals surface area contributed by atoms with Crippen molar-refractivity contribution in [2.75, 3.05) is 0 Å². The molecule has 1 aromatic rings. The summed E-state index contributed by atoms with van der Waals surface area (Å²) in [6, 6.07) is 2.95. The van der Waals surface area contributed by atoms with Crippen LogP contribution in [0.25, 0.3) is 0 Å². The molecule has 1 unspecified atom stereocenters. The predicted molar refractivity (Wildman–Crippen MR) is 60.8 cm³/mol. The van der Waals surface area contributed by atoms with E-state index in [1.165, 1.54) is 6.92 Å². The number of hydrogen-bond donors (Lipinski definition) is 3.